The lowest BCUT2D eigenvalue weighted by Crippen LogP contribution is -2.29. The molecule has 2 aromatic rings. The van der Waals surface area contributed by atoms with Gasteiger partial charge in [0.25, 0.3) is 11.8 Å². The van der Waals surface area contributed by atoms with Crippen molar-refractivity contribution in [1.29, 1.82) is 0 Å². The lowest BCUT2D eigenvalue weighted by Gasteiger charge is -2.09. The Balaban J connectivity index is 1.74. The highest BCUT2D eigenvalue weighted by Crippen LogP contribution is 2.23. The SMILES string of the molecule is COc1ccc(C(=O)NCCCNC(=O)c2cccc(O)c2)c(O)c1. The average Bonchev–Trinajstić information content (AvgIpc) is 2.60. The number of hydrogen-bond acceptors (Lipinski definition) is 5. The summed E-state index contributed by atoms with van der Waals surface area (Å²) >= 11 is 0. The van der Waals surface area contributed by atoms with Crippen molar-refractivity contribution in [2.75, 3.05) is 20.2 Å². The molecule has 0 unspecified atom stereocenters. The summed E-state index contributed by atoms with van der Waals surface area (Å²) in [5, 5.41) is 24.5. The van der Waals surface area contributed by atoms with E-state index in [1.54, 1.807) is 18.2 Å². The molecule has 2 rings (SSSR count). The number of phenolic OH excluding ortho intramolecular Hbond substituents is 2. The number of methoxy groups -OCH3 is 1. The Hall–Kier alpha value is -3.22. The highest BCUT2D eigenvalue weighted by Gasteiger charge is 2.11. The molecule has 0 aliphatic rings. The standard InChI is InChI=1S/C18H20N2O5/c1-25-14-6-7-15(16(22)11-14)18(24)20-9-3-8-19-17(23)12-4-2-5-13(21)10-12/h2,4-7,10-11,21-22H,3,8-9H2,1H3,(H,19,23)(H,20,24). The predicted octanol–water partition coefficient (Wildman–Crippen LogP) is 1.66. The third kappa shape index (κ3) is 5.13. The second kappa shape index (κ2) is 8.58. The highest BCUT2D eigenvalue weighted by molar-refractivity contribution is 5.97. The van der Waals surface area contributed by atoms with E-state index in [9.17, 15) is 19.8 Å². The summed E-state index contributed by atoms with van der Waals surface area (Å²) in [6, 6.07) is 10.5. The number of hydrogen-bond donors (Lipinski definition) is 4. The summed E-state index contributed by atoms with van der Waals surface area (Å²) in [5.74, 6) is -0.369. The van der Waals surface area contributed by atoms with Crippen molar-refractivity contribution >= 4 is 11.8 Å². The molecule has 2 aromatic carbocycles. The fourth-order valence-electron chi connectivity index (χ4n) is 2.17. The van der Waals surface area contributed by atoms with Gasteiger partial charge in [-0.3, -0.25) is 9.59 Å². The van der Waals surface area contributed by atoms with Gasteiger partial charge in [0.2, 0.25) is 0 Å². The zero-order valence-corrected chi connectivity index (χ0v) is 13.8. The van der Waals surface area contributed by atoms with E-state index in [-0.39, 0.29) is 23.0 Å². The van der Waals surface area contributed by atoms with E-state index in [0.29, 0.717) is 30.8 Å². The van der Waals surface area contributed by atoms with Crippen molar-refractivity contribution in [2.24, 2.45) is 0 Å². The summed E-state index contributed by atoms with van der Waals surface area (Å²) in [6.45, 7) is 0.702. The zero-order valence-electron chi connectivity index (χ0n) is 13.8. The molecule has 0 saturated carbocycles. The van der Waals surface area contributed by atoms with Gasteiger partial charge < -0.3 is 25.6 Å². The van der Waals surface area contributed by atoms with Crippen LogP contribution in [0, 0.1) is 0 Å². The predicted molar refractivity (Wildman–Crippen MR) is 92.0 cm³/mol. The largest absolute Gasteiger partial charge is 0.508 e. The third-order valence-corrected chi connectivity index (χ3v) is 3.48. The van der Waals surface area contributed by atoms with Gasteiger partial charge in [0, 0.05) is 24.7 Å². The molecule has 0 heterocycles. The van der Waals surface area contributed by atoms with Gasteiger partial charge in [-0.05, 0) is 36.8 Å². The van der Waals surface area contributed by atoms with Crippen LogP contribution >= 0.6 is 0 Å². The molecule has 132 valence electrons. The molecular weight excluding hydrogens is 324 g/mol. The number of rotatable bonds is 7. The van der Waals surface area contributed by atoms with Crippen molar-refractivity contribution < 1.29 is 24.5 Å². The topological polar surface area (TPSA) is 108 Å². The normalized spacial score (nSPS) is 10.1. The molecule has 0 saturated heterocycles. The molecule has 0 bridgehead atoms. The molecule has 0 aromatic heterocycles. The fraction of sp³-hybridized carbons (Fsp3) is 0.222. The molecule has 0 aliphatic carbocycles. The quantitative estimate of drug-likeness (QED) is 0.571. The first-order valence-electron chi connectivity index (χ1n) is 7.73. The van der Waals surface area contributed by atoms with Gasteiger partial charge in [-0.1, -0.05) is 6.07 Å². The lowest BCUT2D eigenvalue weighted by atomic mass is 10.1. The van der Waals surface area contributed by atoms with Gasteiger partial charge in [0.15, 0.2) is 0 Å². The van der Waals surface area contributed by atoms with Crippen LogP contribution in [0.2, 0.25) is 0 Å². The molecule has 7 nitrogen and oxygen atoms in total. The van der Waals surface area contributed by atoms with Crippen LogP contribution < -0.4 is 15.4 Å². The highest BCUT2D eigenvalue weighted by atomic mass is 16.5. The molecule has 0 spiro atoms. The van der Waals surface area contributed by atoms with Crippen LogP contribution in [0.5, 0.6) is 17.2 Å². The molecule has 0 fully saturated rings. The first kappa shape index (κ1) is 18.1. The number of carbonyl (C=O) groups is 2. The Morgan fingerprint density at radius 3 is 2.36 bits per heavy atom. The Morgan fingerprint density at radius 2 is 1.72 bits per heavy atom. The third-order valence-electron chi connectivity index (χ3n) is 3.48. The van der Waals surface area contributed by atoms with E-state index in [4.69, 9.17) is 4.74 Å². The summed E-state index contributed by atoms with van der Waals surface area (Å²) in [6.07, 6.45) is 0.521. The summed E-state index contributed by atoms with van der Waals surface area (Å²) in [5.41, 5.74) is 0.525. The van der Waals surface area contributed by atoms with E-state index in [1.807, 2.05) is 0 Å². The minimum absolute atomic E-state index is 0.0270. The van der Waals surface area contributed by atoms with Crippen molar-refractivity contribution in [3.63, 3.8) is 0 Å². The summed E-state index contributed by atoms with van der Waals surface area (Å²) in [4.78, 5) is 23.9. The fourth-order valence-corrected chi connectivity index (χ4v) is 2.17. The second-order valence-corrected chi connectivity index (χ2v) is 5.30. The minimum Gasteiger partial charge on any atom is -0.508 e. The molecule has 0 aliphatic heterocycles. The first-order chi connectivity index (χ1) is 12.0. The van der Waals surface area contributed by atoms with Crippen LogP contribution in [0.4, 0.5) is 0 Å². The average molecular weight is 344 g/mol. The van der Waals surface area contributed by atoms with Gasteiger partial charge in [0.1, 0.15) is 17.2 Å². The monoisotopic (exact) mass is 344 g/mol. The Bertz CT molecular complexity index is 761. The molecule has 7 heteroatoms. The molecule has 0 atom stereocenters. The van der Waals surface area contributed by atoms with Crippen LogP contribution in [0.25, 0.3) is 0 Å². The Morgan fingerprint density at radius 1 is 1.00 bits per heavy atom. The number of phenols is 2. The van der Waals surface area contributed by atoms with Gasteiger partial charge >= 0.3 is 0 Å². The number of amides is 2. The van der Waals surface area contributed by atoms with E-state index in [1.165, 1.54) is 31.4 Å². The molecule has 0 radical (unpaired) electrons. The van der Waals surface area contributed by atoms with Crippen LogP contribution in [-0.2, 0) is 0 Å². The summed E-state index contributed by atoms with van der Waals surface area (Å²) in [7, 11) is 1.47. The smallest absolute Gasteiger partial charge is 0.255 e. The number of carbonyl (C=O) groups excluding carboxylic acids is 2. The second-order valence-electron chi connectivity index (χ2n) is 5.30. The number of ether oxygens (including phenoxy) is 1. The van der Waals surface area contributed by atoms with E-state index in [0.717, 1.165) is 0 Å². The van der Waals surface area contributed by atoms with E-state index >= 15 is 0 Å². The van der Waals surface area contributed by atoms with Crippen LogP contribution in [-0.4, -0.2) is 42.2 Å². The van der Waals surface area contributed by atoms with Gasteiger partial charge in [0.05, 0.1) is 12.7 Å². The van der Waals surface area contributed by atoms with Crippen molar-refractivity contribution in [1.82, 2.24) is 10.6 Å². The number of nitrogens with one attached hydrogen (secondary N) is 2. The van der Waals surface area contributed by atoms with Crippen LogP contribution in [0.3, 0.4) is 0 Å². The van der Waals surface area contributed by atoms with Gasteiger partial charge in [-0.15, -0.1) is 0 Å². The Kier molecular flexibility index (Phi) is 6.22. The van der Waals surface area contributed by atoms with Crippen molar-refractivity contribution in [3.8, 4) is 17.2 Å². The lowest BCUT2D eigenvalue weighted by molar-refractivity contribution is 0.0950. The van der Waals surface area contributed by atoms with Crippen LogP contribution in [0.1, 0.15) is 27.1 Å². The number of aromatic hydroxyl groups is 2. The van der Waals surface area contributed by atoms with Crippen LogP contribution in [0.15, 0.2) is 42.5 Å². The maximum atomic E-state index is 12.0. The van der Waals surface area contributed by atoms with E-state index < -0.39 is 5.91 Å². The maximum absolute atomic E-state index is 12.0. The zero-order chi connectivity index (χ0) is 18.2. The Labute approximate surface area is 145 Å². The minimum atomic E-state index is -0.403. The van der Waals surface area contributed by atoms with Crippen molar-refractivity contribution in [2.45, 2.75) is 6.42 Å². The van der Waals surface area contributed by atoms with E-state index in [2.05, 4.69) is 10.6 Å². The van der Waals surface area contributed by atoms with Gasteiger partial charge in [-0.2, -0.15) is 0 Å². The van der Waals surface area contributed by atoms with Crippen molar-refractivity contribution in [3.05, 3.63) is 53.6 Å². The number of benzene rings is 2. The van der Waals surface area contributed by atoms with Gasteiger partial charge in [-0.25, -0.2) is 0 Å². The maximum Gasteiger partial charge on any atom is 0.255 e. The summed E-state index contributed by atoms with van der Waals surface area (Å²) < 4.78 is 4.96. The molecule has 25 heavy (non-hydrogen) atoms. The molecule has 4 N–H and O–H groups in total. The molecule has 2 amide bonds. The molecular formula is C18H20N2O5. The first-order valence-corrected chi connectivity index (χ1v) is 7.73.